The Morgan fingerprint density at radius 3 is 2.52 bits per heavy atom. The standard InChI is InChI=1S/C31H30NO/c1-17(2)11-22-15-21-9-7-8-10-24(21)30-25(22)16-27-31(32(30)6)28-20(5)19(4)14-23-12-18(3)13-26(33-27)29(23)28/h7-10,12-17H,11H2,1-6H3/q+1/i15D,16D. The van der Waals surface area contributed by atoms with Crippen molar-refractivity contribution >= 4 is 32.4 Å². The second kappa shape index (κ2) is 7.05. The minimum Gasteiger partial charge on any atom is -0.450 e. The fourth-order valence-electron chi connectivity index (χ4n) is 5.51. The summed E-state index contributed by atoms with van der Waals surface area (Å²) in [6.45, 7) is 10.8. The van der Waals surface area contributed by atoms with Crippen LogP contribution in [0.2, 0.25) is 0 Å². The Morgan fingerprint density at radius 2 is 1.73 bits per heavy atom. The first-order valence-corrected chi connectivity index (χ1v) is 11.8. The van der Waals surface area contributed by atoms with E-state index in [-0.39, 0.29) is 0 Å². The summed E-state index contributed by atoms with van der Waals surface area (Å²) >= 11 is 0. The van der Waals surface area contributed by atoms with E-state index >= 15 is 0 Å². The Labute approximate surface area is 198 Å². The Kier molecular flexibility index (Phi) is 3.86. The molecule has 164 valence electrons. The minimum absolute atomic E-state index is 0.368. The van der Waals surface area contributed by atoms with Crippen molar-refractivity contribution in [1.82, 2.24) is 0 Å². The van der Waals surface area contributed by atoms with Gasteiger partial charge in [0, 0.05) is 11.4 Å². The largest absolute Gasteiger partial charge is 0.450 e. The van der Waals surface area contributed by atoms with Gasteiger partial charge in [-0.05, 0) is 78.3 Å². The summed E-state index contributed by atoms with van der Waals surface area (Å²) in [6, 6.07) is 15.6. The molecular formula is C31H30NO+. The molecule has 4 aromatic carbocycles. The van der Waals surface area contributed by atoms with E-state index in [0.29, 0.717) is 23.8 Å². The lowest BCUT2D eigenvalue weighted by Crippen LogP contribution is -2.34. The molecule has 0 amide bonds. The minimum atomic E-state index is 0.368. The molecule has 1 aliphatic rings. The van der Waals surface area contributed by atoms with Gasteiger partial charge in [-0.1, -0.05) is 50.2 Å². The highest BCUT2D eigenvalue weighted by Gasteiger charge is 2.32. The summed E-state index contributed by atoms with van der Waals surface area (Å²) in [5.74, 6) is 1.77. The van der Waals surface area contributed by atoms with E-state index in [4.69, 9.17) is 6.11 Å². The van der Waals surface area contributed by atoms with Gasteiger partial charge in [0.05, 0.1) is 19.1 Å². The van der Waals surface area contributed by atoms with Gasteiger partial charge < -0.3 is 4.74 Å². The number of ether oxygens (including phenoxy) is 1. The van der Waals surface area contributed by atoms with E-state index in [9.17, 15) is 1.37 Å². The number of fused-ring (bicyclic) bond motifs is 5. The van der Waals surface area contributed by atoms with E-state index < -0.39 is 0 Å². The van der Waals surface area contributed by atoms with Crippen molar-refractivity contribution in [3.63, 3.8) is 0 Å². The molecule has 0 saturated heterocycles. The van der Waals surface area contributed by atoms with Gasteiger partial charge in [-0.15, -0.1) is 0 Å². The van der Waals surface area contributed by atoms with Gasteiger partial charge in [0.15, 0.2) is 5.75 Å². The first kappa shape index (κ1) is 18.1. The van der Waals surface area contributed by atoms with E-state index in [0.717, 1.165) is 61.6 Å². The summed E-state index contributed by atoms with van der Waals surface area (Å²) in [6.07, 6.45) is 0.744. The maximum atomic E-state index is 9.46. The fraction of sp³-hybridized carbons (Fsp3) is 0.258. The van der Waals surface area contributed by atoms with Crippen LogP contribution in [0, 0.1) is 26.7 Å². The van der Waals surface area contributed by atoms with Crippen LogP contribution in [0.15, 0.2) is 54.5 Å². The first-order chi connectivity index (χ1) is 16.7. The molecule has 0 aliphatic carbocycles. The molecule has 1 aromatic heterocycles. The number of rotatable bonds is 2. The van der Waals surface area contributed by atoms with Crippen LogP contribution in [0.5, 0.6) is 11.5 Å². The smallest absolute Gasteiger partial charge is 0.256 e. The lowest BCUT2D eigenvalue weighted by molar-refractivity contribution is -0.633. The number of aryl methyl sites for hydroxylation is 3. The molecule has 0 N–H and O–H groups in total. The Bertz CT molecular complexity index is 1730. The third-order valence-electron chi connectivity index (χ3n) is 7.06. The van der Waals surface area contributed by atoms with Gasteiger partial charge >= 0.3 is 0 Å². The molecule has 0 saturated carbocycles. The molecule has 1 aliphatic heterocycles. The number of aromatic nitrogens is 1. The summed E-state index contributed by atoms with van der Waals surface area (Å²) in [5, 5.41) is 5.06. The molecule has 0 bridgehead atoms. The van der Waals surface area contributed by atoms with Gasteiger partial charge in [0.2, 0.25) is 5.52 Å². The summed E-state index contributed by atoms with van der Waals surface area (Å²) in [5.41, 5.74) is 7.62. The highest BCUT2D eigenvalue weighted by atomic mass is 16.5. The van der Waals surface area contributed by atoms with Crippen molar-refractivity contribution in [1.29, 1.82) is 0 Å². The lowest BCUT2D eigenvalue weighted by Gasteiger charge is -2.23. The average Bonchev–Trinajstić information content (AvgIpc) is 2.81. The summed E-state index contributed by atoms with van der Waals surface area (Å²) < 4.78 is 27.4. The molecule has 0 fully saturated rings. The van der Waals surface area contributed by atoms with Gasteiger partial charge in [0.25, 0.3) is 5.69 Å². The molecule has 0 radical (unpaired) electrons. The van der Waals surface area contributed by atoms with E-state index in [1.165, 1.54) is 16.5 Å². The number of benzene rings is 4. The predicted molar refractivity (Wildman–Crippen MR) is 138 cm³/mol. The zero-order valence-corrected chi connectivity index (χ0v) is 20.2. The number of hydrogen-bond donors (Lipinski definition) is 0. The zero-order chi connectivity index (χ0) is 24.8. The second-order valence-electron chi connectivity index (χ2n) is 9.99. The third kappa shape index (κ3) is 2.90. The lowest BCUT2D eigenvalue weighted by atomic mass is 9.88. The zero-order valence-electron chi connectivity index (χ0n) is 22.2. The average molecular weight is 435 g/mol. The van der Waals surface area contributed by atoms with Crippen LogP contribution < -0.4 is 9.30 Å². The first-order valence-electron chi connectivity index (χ1n) is 12.8. The molecule has 0 spiro atoms. The quantitative estimate of drug-likeness (QED) is 0.200. The number of pyridine rings is 1. The van der Waals surface area contributed by atoms with Crippen molar-refractivity contribution < 1.29 is 12.0 Å². The molecule has 0 unspecified atom stereocenters. The third-order valence-corrected chi connectivity index (χ3v) is 7.06. The maximum Gasteiger partial charge on any atom is 0.256 e. The summed E-state index contributed by atoms with van der Waals surface area (Å²) in [4.78, 5) is 0. The van der Waals surface area contributed by atoms with E-state index in [1.807, 2.05) is 18.2 Å². The van der Waals surface area contributed by atoms with Crippen molar-refractivity contribution in [2.75, 3.05) is 0 Å². The van der Waals surface area contributed by atoms with Crippen molar-refractivity contribution in [3.05, 3.63) is 76.8 Å². The predicted octanol–water partition coefficient (Wildman–Crippen LogP) is 7.87. The van der Waals surface area contributed by atoms with Crippen LogP contribution in [0.1, 0.15) is 38.8 Å². The van der Waals surface area contributed by atoms with Crippen molar-refractivity contribution in [2.45, 2.75) is 41.0 Å². The monoisotopic (exact) mass is 434 g/mol. The van der Waals surface area contributed by atoms with Gasteiger partial charge in [0.1, 0.15) is 12.8 Å². The van der Waals surface area contributed by atoms with Crippen LogP contribution in [0.3, 0.4) is 0 Å². The Hall–Kier alpha value is -3.39. The Balaban J connectivity index is 1.88. The van der Waals surface area contributed by atoms with Crippen molar-refractivity contribution in [3.8, 4) is 22.8 Å². The molecule has 2 nitrogen and oxygen atoms in total. The molecule has 2 heteroatoms. The van der Waals surface area contributed by atoms with Crippen molar-refractivity contribution in [2.24, 2.45) is 13.0 Å². The SMILES string of the molecule is [2H]c1c(CC(C)C)c2c([2H])c3c([n+](C)c2c2ccccc12)-c1c(C)c(C)cc2cc(C)cc(c12)O3. The van der Waals surface area contributed by atoms with Crippen LogP contribution in [0.25, 0.3) is 43.7 Å². The van der Waals surface area contributed by atoms with Gasteiger partial charge in [-0.25, -0.2) is 0 Å². The highest BCUT2D eigenvalue weighted by Crippen LogP contribution is 2.49. The van der Waals surface area contributed by atoms with Crippen LogP contribution in [0.4, 0.5) is 0 Å². The maximum absolute atomic E-state index is 9.46. The van der Waals surface area contributed by atoms with E-state index in [2.05, 4.69) is 70.5 Å². The molecule has 2 heterocycles. The van der Waals surface area contributed by atoms with Gasteiger partial charge in [-0.3, -0.25) is 0 Å². The number of hydrogen-bond acceptors (Lipinski definition) is 1. The van der Waals surface area contributed by atoms with E-state index in [1.54, 1.807) is 0 Å². The highest BCUT2D eigenvalue weighted by molar-refractivity contribution is 6.09. The number of nitrogens with zero attached hydrogens (tertiary/aromatic N) is 1. The topological polar surface area (TPSA) is 13.1 Å². The van der Waals surface area contributed by atoms with Crippen LogP contribution >= 0.6 is 0 Å². The molecule has 33 heavy (non-hydrogen) atoms. The summed E-state index contributed by atoms with van der Waals surface area (Å²) in [7, 11) is 2.09. The molecular weight excluding hydrogens is 402 g/mol. The van der Waals surface area contributed by atoms with Crippen LogP contribution in [-0.2, 0) is 13.5 Å². The Morgan fingerprint density at radius 1 is 0.939 bits per heavy atom. The second-order valence-corrected chi connectivity index (χ2v) is 9.99. The molecule has 5 aromatic rings. The molecule has 0 atom stereocenters. The normalized spacial score (nSPS) is 13.4. The fourth-order valence-corrected chi connectivity index (χ4v) is 5.51. The molecule has 6 rings (SSSR count). The van der Waals surface area contributed by atoms with Gasteiger partial charge in [-0.2, -0.15) is 4.57 Å². The van der Waals surface area contributed by atoms with Crippen LogP contribution in [-0.4, -0.2) is 0 Å².